The first kappa shape index (κ1) is 26.9. The third-order valence-corrected chi connectivity index (χ3v) is 3.91. The van der Waals surface area contributed by atoms with E-state index in [2.05, 4.69) is 32.1 Å². The van der Waals surface area contributed by atoms with Crippen LogP contribution < -0.4 is 32.1 Å². The van der Waals surface area contributed by atoms with Gasteiger partial charge in [0.25, 0.3) is 0 Å². The van der Waals surface area contributed by atoms with E-state index in [1.165, 1.54) is 6.92 Å². The third-order valence-electron chi connectivity index (χ3n) is 3.91. The van der Waals surface area contributed by atoms with Crippen molar-refractivity contribution in [1.29, 1.82) is 0 Å². The lowest BCUT2D eigenvalue weighted by Crippen LogP contribution is -2.54. The van der Waals surface area contributed by atoms with Crippen molar-refractivity contribution in [2.45, 2.75) is 51.6 Å². The van der Waals surface area contributed by atoms with Crippen LogP contribution in [-0.4, -0.2) is 80.5 Å². The molecule has 0 aromatic heterocycles. The van der Waals surface area contributed by atoms with Crippen LogP contribution in [0.4, 0.5) is 0 Å². The molecule has 0 bridgehead atoms. The van der Waals surface area contributed by atoms with Gasteiger partial charge in [0.05, 0.1) is 25.7 Å². The summed E-state index contributed by atoms with van der Waals surface area (Å²) in [7, 11) is 1.86. The van der Waals surface area contributed by atoms with Crippen LogP contribution in [0.2, 0.25) is 0 Å². The Labute approximate surface area is 172 Å². The molecule has 11 heteroatoms. The molecule has 2 atom stereocenters. The van der Waals surface area contributed by atoms with E-state index in [9.17, 15) is 24.3 Å². The Bertz CT molecular complexity index is 517. The molecule has 0 aromatic rings. The minimum absolute atomic E-state index is 0.187. The lowest BCUT2D eigenvalue weighted by atomic mass is 10.1. The zero-order valence-corrected chi connectivity index (χ0v) is 17.6. The van der Waals surface area contributed by atoms with E-state index in [0.29, 0.717) is 13.0 Å². The Morgan fingerprint density at radius 1 is 0.931 bits per heavy atom. The quantitative estimate of drug-likeness (QED) is 0.102. The topological polar surface area (TPSA) is 161 Å². The van der Waals surface area contributed by atoms with E-state index in [0.717, 1.165) is 25.8 Å². The van der Waals surface area contributed by atoms with Crippen LogP contribution in [0.25, 0.3) is 0 Å². The minimum atomic E-state index is -1.19. The van der Waals surface area contributed by atoms with Crippen molar-refractivity contribution in [2.24, 2.45) is 0 Å². The van der Waals surface area contributed by atoms with Gasteiger partial charge in [-0.2, -0.15) is 0 Å². The lowest BCUT2D eigenvalue weighted by molar-refractivity contribution is -0.131. The van der Waals surface area contributed by atoms with Crippen molar-refractivity contribution < 1.29 is 24.3 Å². The summed E-state index contributed by atoms with van der Waals surface area (Å²) in [5.41, 5.74) is 5.95. The highest BCUT2D eigenvalue weighted by Gasteiger charge is 2.22. The predicted octanol–water partition coefficient (Wildman–Crippen LogP) is -2.45. The average molecular weight is 417 g/mol. The number of hydrogen-bond donors (Lipinski definition) is 7. The van der Waals surface area contributed by atoms with E-state index < -0.39 is 30.5 Å². The molecular formula is C18H36N6O5. The van der Waals surface area contributed by atoms with Gasteiger partial charge in [0.2, 0.25) is 17.7 Å². The second-order valence-electron chi connectivity index (χ2n) is 6.66. The minimum Gasteiger partial charge on any atom is -0.394 e. The molecule has 2 unspecified atom stereocenters. The summed E-state index contributed by atoms with van der Waals surface area (Å²) in [4.78, 5) is 47.1. The standard InChI is InChI=1S/C18H36N6O5/c1-4-8-22-24-14(7-5-6-9-19-3)17(28)21-11-16(27)23-15(12-25)18(29)20-10-13(2)26/h14-15,19,22,24-25H,4-12H2,1-3H3,(H,20,29)(H,21,28)(H,23,27). The molecule has 0 aromatic carbocycles. The highest BCUT2D eigenvalue weighted by atomic mass is 16.3. The number of ketones is 1. The highest BCUT2D eigenvalue weighted by Crippen LogP contribution is 2.00. The predicted molar refractivity (Wildman–Crippen MR) is 109 cm³/mol. The van der Waals surface area contributed by atoms with Crippen molar-refractivity contribution in [3.63, 3.8) is 0 Å². The maximum Gasteiger partial charge on any atom is 0.245 e. The molecule has 0 rings (SSSR count). The van der Waals surface area contributed by atoms with Gasteiger partial charge in [-0.05, 0) is 39.8 Å². The monoisotopic (exact) mass is 416 g/mol. The molecule has 168 valence electrons. The van der Waals surface area contributed by atoms with Crippen molar-refractivity contribution >= 4 is 23.5 Å². The Morgan fingerprint density at radius 2 is 1.59 bits per heavy atom. The summed E-state index contributed by atoms with van der Waals surface area (Å²) in [6, 6.07) is -1.70. The summed E-state index contributed by atoms with van der Waals surface area (Å²) in [5, 5.41) is 19.5. The zero-order valence-electron chi connectivity index (χ0n) is 17.6. The molecule has 0 aliphatic carbocycles. The molecule has 29 heavy (non-hydrogen) atoms. The smallest absolute Gasteiger partial charge is 0.245 e. The molecule has 0 fully saturated rings. The molecule has 0 aliphatic heterocycles. The van der Waals surface area contributed by atoms with Gasteiger partial charge in [-0.25, -0.2) is 5.43 Å². The summed E-state index contributed by atoms with van der Waals surface area (Å²) in [6.45, 7) is 3.72. The fourth-order valence-electron chi connectivity index (χ4n) is 2.30. The summed E-state index contributed by atoms with van der Waals surface area (Å²) in [6.07, 6.45) is 3.24. The lowest BCUT2D eigenvalue weighted by Gasteiger charge is -2.20. The van der Waals surface area contributed by atoms with Gasteiger partial charge < -0.3 is 26.4 Å². The number of hydrazine groups is 1. The van der Waals surface area contributed by atoms with Gasteiger partial charge in [-0.1, -0.05) is 13.3 Å². The molecule has 0 radical (unpaired) electrons. The van der Waals surface area contributed by atoms with Crippen LogP contribution in [0.1, 0.15) is 39.5 Å². The van der Waals surface area contributed by atoms with Gasteiger partial charge >= 0.3 is 0 Å². The summed E-state index contributed by atoms with van der Waals surface area (Å²) in [5.74, 6) is -1.88. The Kier molecular flexibility index (Phi) is 15.6. The average Bonchev–Trinajstić information content (AvgIpc) is 2.70. The van der Waals surface area contributed by atoms with Crippen molar-refractivity contribution in [1.82, 2.24) is 32.1 Å². The molecule has 3 amide bonds. The largest absolute Gasteiger partial charge is 0.394 e. The maximum absolute atomic E-state index is 12.4. The van der Waals surface area contributed by atoms with E-state index in [1.54, 1.807) is 0 Å². The number of hydrogen-bond acceptors (Lipinski definition) is 8. The Morgan fingerprint density at radius 3 is 2.17 bits per heavy atom. The van der Waals surface area contributed by atoms with Crippen LogP contribution in [0.15, 0.2) is 0 Å². The van der Waals surface area contributed by atoms with Crippen LogP contribution >= 0.6 is 0 Å². The number of nitrogens with one attached hydrogen (secondary N) is 6. The Hall–Kier alpha value is -2.08. The van der Waals surface area contributed by atoms with E-state index in [4.69, 9.17) is 0 Å². The van der Waals surface area contributed by atoms with Crippen LogP contribution in [0, 0.1) is 0 Å². The summed E-state index contributed by atoms with van der Waals surface area (Å²) < 4.78 is 0. The molecule has 7 N–H and O–H groups in total. The first-order valence-electron chi connectivity index (χ1n) is 9.93. The molecule has 0 saturated heterocycles. The van der Waals surface area contributed by atoms with Gasteiger partial charge in [-0.15, -0.1) is 0 Å². The maximum atomic E-state index is 12.4. The normalized spacial score (nSPS) is 12.7. The second-order valence-corrected chi connectivity index (χ2v) is 6.66. The number of carbonyl (C=O) groups excluding carboxylic acids is 4. The van der Waals surface area contributed by atoms with Crippen molar-refractivity contribution in [3.8, 4) is 0 Å². The number of amides is 3. The van der Waals surface area contributed by atoms with E-state index in [1.807, 2.05) is 14.0 Å². The highest BCUT2D eigenvalue weighted by molar-refractivity contribution is 5.92. The molecule has 0 saturated carbocycles. The van der Waals surface area contributed by atoms with Gasteiger partial charge in [0.15, 0.2) is 0 Å². The van der Waals surface area contributed by atoms with E-state index in [-0.39, 0.29) is 24.8 Å². The van der Waals surface area contributed by atoms with Crippen molar-refractivity contribution in [3.05, 3.63) is 0 Å². The van der Waals surface area contributed by atoms with Crippen molar-refractivity contribution in [2.75, 3.05) is 39.8 Å². The Balaban J connectivity index is 4.50. The van der Waals surface area contributed by atoms with Gasteiger partial charge in [0.1, 0.15) is 11.8 Å². The fraction of sp³-hybridized carbons (Fsp3) is 0.778. The second kappa shape index (κ2) is 16.8. The zero-order chi connectivity index (χ0) is 22.1. The first-order chi connectivity index (χ1) is 13.8. The molecular weight excluding hydrogens is 380 g/mol. The number of unbranched alkanes of at least 4 members (excludes halogenated alkanes) is 1. The number of aliphatic hydroxyl groups excluding tert-OH is 1. The number of rotatable bonds is 17. The SMILES string of the molecule is CCCNNC(CCCCNC)C(=O)NCC(=O)NC(CO)C(=O)NCC(C)=O. The molecule has 0 spiro atoms. The number of carbonyl (C=O) groups is 4. The van der Waals surface area contributed by atoms with Crippen LogP contribution in [-0.2, 0) is 19.2 Å². The number of aliphatic hydroxyl groups is 1. The van der Waals surface area contributed by atoms with Gasteiger partial charge in [0, 0.05) is 6.54 Å². The van der Waals surface area contributed by atoms with Crippen LogP contribution in [0.3, 0.4) is 0 Å². The van der Waals surface area contributed by atoms with E-state index >= 15 is 0 Å². The summed E-state index contributed by atoms with van der Waals surface area (Å²) >= 11 is 0. The first-order valence-corrected chi connectivity index (χ1v) is 9.93. The molecule has 0 heterocycles. The number of Topliss-reactive ketones (excluding diaryl/α,β-unsaturated/α-hetero) is 1. The van der Waals surface area contributed by atoms with Crippen LogP contribution in [0.5, 0.6) is 0 Å². The molecule has 11 nitrogen and oxygen atoms in total. The third kappa shape index (κ3) is 13.7. The fourth-order valence-corrected chi connectivity index (χ4v) is 2.30. The molecule has 0 aliphatic rings. The van der Waals surface area contributed by atoms with Gasteiger partial charge in [-0.3, -0.25) is 24.6 Å².